The van der Waals surface area contributed by atoms with E-state index in [4.69, 9.17) is 4.74 Å². The Balaban J connectivity index is 1.83. The summed E-state index contributed by atoms with van der Waals surface area (Å²) < 4.78 is 4.94. The molecule has 6 heteroatoms. The summed E-state index contributed by atoms with van der Waals surface area (Å²) in [7, 11) is 1.34. The summed E-state index contributed by atoms with van der Waals surface area (Å²) in [5.41, 5.74) is 2.88. The number of hydrogen-bond donors (Lipinski definition) is 1. The molecule has 1 aliphatic heterocycles. The van der Waals surface area contributed by atoms with Gasteiger partial charge in [0.15, 0.2) is 0 Å². The molecule has 0 spiro atoms. The number of phenols is 1. The van der Waals surface area contributed by atoms with E-state index in [-0.39, 0.29) is 18.2 Å². The second-order valence-electron chi connectivity index (χ2n) is 6.57. The molecule has 27 heavy (non-hydrogen) atoms. The summed E-state index contributed by atoms with van der Waals surface area (Å²) in [5.74, 6) is -0.402. The van der Waals surface area contributed by atoms with Crippen molar-refractivity contribution in [1.82, 2.24) is 4.90 Å². The number of carbonyl (C=O) groups is 2. The first-order valence-electron chi connectivity index (χ1n) is 9.01. The van der Waals surface area contributed by atoms with Crippen molar-refractivity contribution in [3.63, 3.8) is 0 Å². The van der Waals surface area contributed by atoms with Crippen LogP contribution in [0.3, 0.4) is 0 Å². The minimum Gasteiger partial charge on any atom is -0.508 e. The Morgan fingerprint density at radius 2 is 1.93 bits per heavy atom. The molecule has 6 nitrogen and oxygen atoms in total. The lowest BCUT2D eigenvalue weighted by atomic mass is 9.94. The minimum absolute atomic E-state index is 0.121. The van der Waals surface area contributed by atoms with E-state index in [0.29, 0.717) is 19.5 Å². The Bertz CT molecular complexity index is 836. The van der Waals surface area contributed by atoms with Gasteiger partial charge in [0.2, 0.25) is 5.91 Å². The van der Waals surface area contributed by atoms with Gasteiger partial charge in [0.05, 0.1) is 13.7 Å². The van der Waals surface area contributed by atoms with E-state index in [9.17, 15) is 14.7 Å². The van der Waals surface area contributed by atoms with Gasteiger partial charge in [-0.3, -0.25) is 4.79 Å². The van der Waals surface area contributed by atoms with Gasteiger partial charge in [0.1, 0.15) is 11.8 Å². The summed E-state index contributed by atoms with van der Waals surface area (Å²) in [5, 5.41) is 9.71. The average Bonchev–Trinajstić information content (AvgIpc) is 2.70. The van der Waals surface area contributed by atoms with Gasteiger partial charge in [-0.2, -0.15) is 0 Å². The van der Waals surface area contributed by atoms with Crippen molar-refractivity contribution >= 4 is 17.6 Å². The number of nitrogens with zero attached hydrogens (tertiary/aromatic N) is 2. The van der Waals surface area contributed by atoms with Gasteiger partial charge >= 0.3 is 5.97 Å². The fourth-order valence-corrected chi connectivity index (χ4v) is 3.46. The largest absolute Gasteiger partial charge is 0.508 e. The molecule has 1 amide bonds. The Labute approximate surface area is 159 Å². The molecule has 2 aromatic carbocycles. The average molecular weight is 368 g/mol. The Kier molecular flexibility index (Phi) is 5.64. The van der Waals surface area contributed by atoms with Crippen molar-refractivity contribution < 1.29 is 19.4 Å². The molecule has 0 aromatic heterocycles. The first-order valence-corrected chi connectivity index (χ1v) is 9.01. The highest BCUT2D eigenvalue weighted by molar-refractivity contribution is 5.88. The fraction of sp³-hybridized carbons (Fsp3) is 0.333. The number of phenolic OH excluding ortho intramolecular Hbond substituents is 1. The van der Waals surface area contributed by atoms with Crippen LogP contribution < -0.4 is 4.90 Å². The molecular formula is C21H24N2O4. The molecule has 142 valence electrons. The number of ether oxygens (including phenoxy) is 1. The zero-order chi connectivity index (χ0) is 19.4. The maximum atomic E-state index is 13.1. The number of fused-ring (bicyclic) bond motifs is 1. The van der Waals surface area contributed by atoms with E-state index in [1.165, 1.54) is 7.11 Å². The van der Waals surface area contributed by atoms with Crippen molar-refractivity contribution in [2.24, 2.45) is 0 Å². The molecule has 0 unspecified atom stereocenters. The quantitative estimate of drug-likeness (QED) is 0.821. The van der Waals surface area contributed by atoms with Crippen molar-refractivity contribution in [3.8, 4) is 5.75 Å². The van der Waals surface area contributed by atoms with Crippen LogP contribution in [0.5, 0.6) is 5.75 Å². The van der Waals surface area contributed by atoms with E-state index in [1.54, 1.807) is 23.1 Å². The smallest absolute Gasteiger partial charge is 0.328 e. The zero-order valence-corrected chi connectivity index (χ0v) is 15.6. The number of methoxy groups -OCH3 is 1. The fourth-order valence-electron chi connectivity index (χ4n) is 3.46. The number of anilines is 1. The number of hydrogen-bond acceptors (Lipinski definition) is 5. The number of esters is 1. The van der Waals surface area contributed by atoms with Gasteiger partial charge in [0.25, 0.3) is 0 Å². The van der Waals surface area contributed by atoms with Crippen LogP contribution in [0.4, 0.5) is 5.69 Å². The lowest BCUT2D eigenvalue weighted by molar-refractivity contribution is -0.153. The zero-order valence-electron chi connectivity index (χ0n) is 15.6. The third kappa shape index (κ3) is 4.05. The molecule has 3 rings (SSSR count). The number of amides is 1. The molecular weight excluding hydrogens is 344 g/mol. The van der Waals surface area contributed by atoms with Crippen molar-refractivity contribution in [1.29, 1.82) is 0 Å². The van der Waals surface area contributed by atoms with Gasteiger partial charge in [-0.05, 0) is 30.2 Å². The van der Waals surface area contributed by atoms with Gasteiger partial charge in [-0.25, -0.2) is 4.79 Å². The van der Waals surface area contributed by atoms with Gasteiger partial charge < -0.3 is 19.6 Å². The molecule has 0 fully saturated rings. The molecule has 0 aliphatic carbocycles. The van der Waals surface area contributed by atoms with Crippen molar-refractivity contribution in [2.75, 3.05) is 25.1 Å². The maximum absolute atomic E-state index is 13.1. The predicted molar refractivity (Wildman–Crippen MR) is 102 cm³/mol. The normalized spacial score (nSPS) is 15.8. The SMILES string of the molecule is CCN(CC(=O)N1Cc2ccccc2C[C@@H]1C(=O)OC)c1cccc(O)c1. The predicted octanol–water partition coefficient (Wildman–Crippen LogP) is 2.34. The molecule has 0 saturated heterocycles. The standard InChI is InChI=1S/C21H24N2O4/c1-3-22(17-9-6-10-18(24)12-17)14-20(25)23-13-16-8-5-4-7-15(16)11-19(23)21(26)27-2/h4-10,12,19,24H,3,11,13-14H2,1-2H3/t19-/m1/s1. The summed E-state index contributed by atoms with van der Waals surface area (Å²) in [4.78, 5) is 28.8. The van der Waals surface area contributed by atoms with Crippen LogP contribution in [0.15, 0.2) is 48.5 Å². The van der Waals surface area contributed by atoms with E-state index in [0.717, 1.165) is 16.8 Å². The van der Waals surface area contributed by atoms with Crippen molar-refractivity contribution in [3.05, 3.63) is 59.7 Å². The summed E-state index contributed by atoms with van der Waals surface area (Å²) in [6, 6.07) is 14.0. The topological polar surface area (TPSA) is 70.1 Å². The molecule has 2 aromatic rings. The van der Waals surface area contributed by atoms with Crippen molar-refractivity contribution in [2.45, 2.75) is 25.9 Å². The third-order valence-corrected chi connectivity index (χ3v) is 4.94. The highest BCUT2D eigenvalue weighted by Crippen LogP contribution is 2.25. The lowest BCUT2D eigenvalue weighted by Gasteiger charge is -2.36. The van der Waals surface area contributed by atoms with E-state index < -0.39 is 12.0 Å². The minimum atomic E-state index is -0.625. The van der Waals surface area contributed by atoms with Crippen LogP contribution in [0.25, 0.3) is 0 Å². The number of rotatable bonds is 5. The summed E-state index contributed by atoms with van der Waals surface area (Å²) in [6.07, 6.45) is 0.451. The first-order chi connectivity index (χ1) is 13.0. The number of carbonyl (C=O) groups excluding carboxylic acids is 2. The molecule has 1 aliphatic rings. The molecule has 0 bridgehead atoms. The lowest BCUT2D eigenvalue weighted by Crippen LogP contribution is -2.52. The van der Waals surface area contributed by atoms with Crippen LogP contribution in [0, 0.1) is 0 Å². The second-order valence-corrected chi connectivity index (χ2v) is 6.57. The molecule has 1 heterocycles. The van der Waals surface area contributed by atoms with Crippen LogP contribution >= 0.6 is 0 Å². The summed E-state index contributed by atoms with van der Waals surface area (Å²) in [6.45, 7) is 3.05. The highest BCUT2D eigenvalue weighted by Gasteiger charge is 2.35. The molecule has 0 radical (unpaired) electrons. The second kappa shape index (κ2) is 8.12. The highest BCUT2D eigenvalue weighted by atomic mass is 16.5. The molecule has 1 atom stereocenters. The third-order valence-electron chi connectivity index (χ3n) is 4.94. The number of aromatic hydroxyl groups is 1. The van der Waals surface area contributed by atoms with Crippen LogP contribution in [-0.4, -0.2) is 48.1 Å². The van der Waals surface area contributed by atoms with Crippen LogP contribution in [0.2, 0.25) is 0 Å². The Hall–Kier alpha value is -3.02. The molecule has 0 saturated carbocycles. The maximum Gasteiger partial charge on any atom is 0.328 e. The number of likely N-dealkylation sites (N-methyl/N-ethyl adjacent to an activating group) is 1. The van der Waals surface area contributed by atoms with E-state index in [1.807, 2.05) is 42.2 Å². The van der Waals surface area contributed by atoms with Gasteiger partial charge in [-0.1, -0.05) is 30.3 Å². The van der Waals surface area contributed by atoms with Gasteiger partial charge in [0, 0.05) is 31.3 Å². The first kappa shape index (κ1) is 18.8. The Morgan fingerprint density at radius 1 is 1.19 bits per heavy atom. The number of benzene rings is 2. The Morgan fingerprint density at radius 3 is 2.59 bits per heavy atom. The summed E-state index contributed by atoms with van der Waals surface area (Å²) >= 11 is 0. The van der Waals surface area contributed by atoms with Crippen LogP contribution in [-0.2, 0) is 27.3 Å². The van der Waals surface area contributed by atoms with E-state index >= 15 is 0 Å². The van der Waals surface area contributed by atoms with E-state index in [2.05, 4.69) is 0 Å². The van der Waals surface area contributed by atoms with Crippen LogP contribution in [0.1, 0.15) is 18.1 Å². The molecule has 1 N–H and O–H groups in total. The van der Waals surface area contributed by atoms with Gasteiger partial charge in [-0.15, -0.1) is 0 Å². The monoisotopic (exact) mass is 368 g/mol.